The van der Waals surface area contributed by atoms with E-state index in [1.165, 1.54) is 38.6 Å². The Labute approximate surface area is 152 Å². The van der Waals surface area contributed by atoms with E-state index in [0.29, 0.717) is 0 Å². The molecule has 2 heteroatoms. The number of hydrogen-bond donors (Lipinski definition) is 1. The molecule has 26 heavy (non-hydrogen) atoms. The van der Waals surface area contributed by atoms with Gasteiger partial charge < -0.3 is 10.3 Å². The van der Waals surface area contributed by atoms with Crippen LogP contribution in [0.2, 0.25) is 0 Å². The third-order valence-corrected chi connectivity index (χ3v) is 4.93. The molecule has 0 amide bonds. The monoisotopic (exact) mass is 334 g/mol. The smallest absolute Gasteiger partial charge is 0.0542 e. The van der Waals surface area contributed by atoms with Crippen molar-refractivity contribution >= 4 is 27.5 Å². The maximum Gasteiger partial charge on any atom is 0.0542 e. The number of para-hydroxylation sites is 2. The number of hydrogen-bond acceptors (Lipinski definition) is 1. The van der Waals surface area contributed by atoms with Crippen LogP contribution in [-0.4, -0.2) is 4.57 Å². The summed E-state index contributed by atoms with van der Waals surface area (Å²) < 4.78 is 2.34. The summed E-state index contributed by atoms with van der Waals surface area (Å²) in [4.78, 5) is 0. The van der Waals surface area contributed by atoms with Crippen LogP contribution in [0, 0.1) is 0 Å². The number of fused-ring (bicyclic) bond motifs is 3. The molecule has 0 saturated carbocycles. The molecule has 1 aromatic heterocycles. The molecule has 5 rings (SSSR count). The van der Waals surface area contributed by atoms with Crippen LogP contribution in [0.15, 0.2) is 97.1 Å². The fraction of sp³-hybridized carbons (Fsp3) is 0. The quantitative estimate of drug-likeness (QED) is 0.392. The molecule has 0 spiro atoms. The number of benzene rings is 4. The second-order valence-corrected chi connectivity index (χ2v) is 6.51. The Morgan fingerprint density at radius 3 is 2.15 bits per heavy atom. The summed E-state index contributed by atoms with van der Waals surface area (Å²) in [5, 5.41) is 2.40. The number of nitrogens with two attached hydrogens (primary N) is 1. The maximum absolute atomic E-state index is 6.07. The molecule has 2 N–H and O–H groups in total. The molecule has 1 heterocycles. The van der Waals surface area contributed by atoms with E-state index in [0.717, 1.165) is 5.69 Å². The summed E-state index contributed by atoms with van der Waals surface area (Å²) in [5.74, 6) is 0. The largest absolute Gasteiger partial charge is 0.399 e. The standard InChI is InChI=1S/C24H18N2/c25-18-14-15-24-21(16-18)20-11-5-7-13-23(20)26(24)22-12-6-4-10-19(22)17-8-2-1-3-9-17/h1-16H,25H2. The van der Waals surface area contributed by atoms with Crippen LogP contribution in [-0.2, 0) is 0 Å². The van der Waals surface area contributed by atoms with Crippen LogP contribution in [0.4, 0.5) is 5.69 Å². The molecule has 0 aliphatic heterocycles. The molecular weight excluding hydrogens is 316 g/mol. The summed E-state index contributed by atoms with van der Waals surface area (Å²) in [7, 11) is 0. The number of rotatable bonds is 2. The fourth-order valence-corrected chi connectivity index (χ4v) is 3.78. The molecule has 124 valence electrons. The van der Waals surface area contributed by atoms with E-state index in [9.17, 15) is 0 Å². The lowest BCUT2D eigenvalue weighted by Crippen LogP contribution is -1.97. The Balaban J connectivity index is 1.92. The first-order valence-corrected chi connectivity index (χ1v) is 8.76. The summed E-state index contributed by atoms with van der Waals surface area (Å²) in [6.07, 6.45) is 0. The van der Waals surface area contributed by atoms with E-state index >= 15 is 0 Å². The van der Waals surface area contributed by atoms with Crippen LogP contribution in [0.1, 0.15) is 0 Å². The summed E-state index contributed by atoms with van der Waals surface area (Å²) in [6, 6.07) is 33.8. The van der Waals surface area contributed by atoms with E-state index < -0.39 is 0 Å². The van der Waals surface area contributed by atoms with Crippen LogP contribution in [0.25, 0.3) is 38.6 Å². The Morgan fingerprint density at radius 1 is 0.577 bits per heavy atom. The van der Waals surface area contributed by atoms with Gasteiger partial charge in [-0.3, -0.25) is 0 Å². The van der Waals surface area contributed by atoms with E-state index in [-0.39, 0.29) is 0 Å². The minimum Gasteiger partial charge on any atom is -0.399 e. The van der Waals surface area contributed by atoms with Gasteiger partial charge >= 0.3 is 0 Å². The fourth-order valence-electron chi connectivity index (χ4n) is 3.78. The van der Waals surface area contributed by atoms with Crippen molar-refractivity contribution in [3.05, 3.63) is 97.1 Å². The average molecular weight is 334 g/mol. The second kappa shape index (κ2) is 5.78. The van der Waals surface area contributed by atoms with Crippen LogP contribution in [0.3, 0.4) is 0 Å². The highest BCUT2D eigenvalue weighted by Crippen LogP contribution is 2.36. The molecule has 0 fully saturated rings. The first-order chi connectivity index (χ1) is 12.8. The van der Waals surface area contributed by atoms with Crippen LogP contribution in [0.5, 0.6) is 0 Å². The van der Waals surface area contributed by atoms with E-state index in [1.54, 1.807) is 0 Å². The molecule has 0 bridgehead atoms. The predicted octanol–water partition coefficient (Wildman–Crippen LogP) is 6.03. The Morgan fingerprint density at radius 2 is 1.27 bits per heavy atom. The van der Waals surface area contributed by atoms with Gasteiger partial charge in [-0.25, -0.2) is 0 Å². The highest BCUT2D eigenvalue weighted by molar-refractivity contribution is 6.10. The third kappa shape index (κ3) is 2.20. The van der Waals surface area contributed by atoms with Crippen molar-refractivity contribution < 1.29 is 0 Å². The zero-order valence-corrected chi connectivity index (χ0v) is 14.3. The Kier molecular flexibility index (Phi) is 3.29. The summed E-state index contributed by atoms with van der Waals surface area (Å²) in [5.41, 5.74) is 12.8. The van der Waals surface area contributed by atoms with Crippen molar-refractivity contribution in [2.75, 3.05) is 5.73 Å². The van der Waals surface area contributed by atoms with Gasteiger partial charge in [-0.05, 0) is 35.9 Å². The minimum atomic E-state index is 0.789. The lowest BCUT2D eigenvalue weighted by Gasteiger charge is -2.14. The van der Waals surface area contributed by atoms with Gasteiger partial charge in [0, 0.05) is 22.0 Å². The molecule has 0 atom stereocenters. The van der Waals surface area contributed by atoms with Crippen LogP contribution >= 0.6 is 0 Å². The maximum atomic E-state index is 6.07. The highest BCUT2D eigenvalue weighted by Gasteiger charge is 2.14. The summed E-state index contributed by atoms with van der Waals surface area (Å²) in [6.45, 7) is 0. The van der Waals surface area contributed by atoms with Gasteiger partial charge in [-0.1, -0.05) is 66.7 Å². The normalized spacial score (nSPS) is 11.2. The van der Waals surface area contributed by atoms with Crippen molar-refractivity contribution in [1.82, 2.24) is 4.57 Å². The average Bonchev–Trinajstić information content (AvgIpc) is 3.02. The molecular formula is C24H18N2. The summed E-state index contributed by atoms with van der Waals surface area (Å²) >= 11 is 0. The molecule has 0 radical (unpaired) electrons. The molecule has 0 aliphatic rings. The number of nitrogen functional groups attached to an aromatic ring is 1. The first kappa shape index (κ1) is 14.8. The van der Waals surface area contributed by atoms with E-state index in [2.05, 4.69) is 95.6 Å². The zero-order valence-electron chi connectivity index (χ0n) is 14.3. The lowest BCUT2D eigenvalue weighted by atomic mass is 10.0. The van der Waals surface area contributed by atoms with E-state index in [4.69, 9.17) is 5.73 Å². The lowest BCUT2D eigenvalue weighted by molar-refractivity contribution is 1.18. The van der Waals surface area contributed by atoms with Crippen molar-refractivity contribution in [2.45, 2.75) is 0 Å². The first-order valence-electron chi connectivity index (χ1n) is 8.76. The predicted molar refractivity (Wildman–Crippen MR) is 111 cm³/mol. The number of anilines is 1. The van der Waals surface area contributed by atoms with Crippen molar-refractivity contribution in [2.24, 2.45) is 0 Å². The van der Waals surface area contributed by atoms with Gasteiger partial charge in [-0.2, -0.15) is 0 Å². The van der Waals surface area contributed by atoms with Crippen molar-refractivity contribution in [1.29, 1.82) is 0 Å². The van der Waals surface area contributed by atoms with Gasteiger partial charge in [0.2, 0.25) is 0 Å². The number of aromatic nitrogens is 1. The third-order valence-electron chi connectivity index (χ3n) is 4.93. The molecule has 2 nitrogen and oxygen atoms in total. The van der Waals surface area contributed by atoms with Gasteiger partial charge in [0.25, 0.3) is 0 Å². The van der Waals surface area contributed by atoms with Gasteiger partial charge in [0.05, 0.1) is 16.7 Å². The zero-order chi connectivity index (χ0) is 17.5. The van der Waals surface area contributed by atoms with Gasteiger partial charge in [0.15, 0.2) is 0 Å². The highest BCUT2D eigenvalue weighted by atomic mass is 15.0. The van der Waals surface area contributed by atoms with Gasteiger partial charge in [-0.15, -0.1) is 0 Å². The minimum absolute atomic E-state index is 0.789. The molecule has 5 aromatic rings. The Bertz CT molecular complexity index is 1230. The van der Waals surface area contributed by atoms with Gasteiger partial charge in [0.1, 0.15) is 0 Å². The molecule has 0 unspecified atom stereocenters. The Hall–Kier alpha value is -3.52. The number of nitrogens with zero attached hydrogens (tertiary/aromatic N) is 1. The molecule has 4 aromatic carbocycles. The second-order valence-electron chi connectivity index (χ2n) is 6.51. The SMILES string of the molecule is Nc1ccc2c(c1)c1ccccc1n2-c1ccccc1-c1ccccc1. The molecule has 0 saturated heterocycles. The topological polar surface area (TPSA) is 30.9 Å². The molecule has 0 aliphatic carbocycles. The van der Waals surface area contributed by atoms with E-state index in [1.807, 2.05) is 6.07 Å². The van der Waals surface area contributed by atoms with Crippen LogP contribution < -0.4 is 5.73 Å². The van der Waals surface area contributed by atoms with Crippen molar-refractivity contribution in [3.8, 4) is 16.8 Å². The van der Waals surface area contributed by atoms with Crippen molar-refractivity contribution in [3.63, 3.8) is 0 Å².